The number of hydrogen-bond donors (Lipinski definition) is 2. The summed E-state index contributed by atoms with van der Waals surface area (Å²) in [5.41, 5.74) is 8.11. The molecule has 0 atom stereocenters. The van der Waals surface area contributed by atoms with Crippen molar-refractivity contribution in [2.24, 2.45) is 10.9 Å². The Bertz CT molecular complexity index is 515. The van der Waals surface area contributed by atoms with Crippen molar-refractivity contribution >= 4 is 11.7 Å². The number of oxime groups is 1. The van der Waals surface area contributed by atoms with Crippen molar-refractivity contribution in [3.63, 3.8) is 0 Å². The highest BCUT2D eigenvalue weighted by atomic mass is 16.5. The Labute approximate surface area is 125 Å². The second-order valence-corrected chi connectivity index (χ2v) is 4.94. The first-order valence-corrected chi connectivity index (χ1v) is 6.81. The lowest BCUT2D eigenvalue weighted by molar-refractivity contribution is 0.0700. The van der Waals surface area contributed by atoms with Gasteiger partial charge in [-0.2, -0.15) is 0 Å². The molecule has 0 aliphatic carbocycles. The summed E-state index contributed by atoms with van der Waals surface area (Å²) in [7, 11) is 1.59. The third-order valence-corrected chi connectivity index (χ3v) is 3.24. The summed E-state index contributed by atoms with van der Waals surface area (Å²) in [5.74, 6) is 0.0326. The van der Waals surface area contributed by atoms with E-state index in [4.69, 9.17) is 15.7 Å². The number of aryl methyl sites for hydroxylation is 2. The molecule has 0 saturated heterocycles. The Morgan fingerprint density at radius 3 is 2.71 bits per heavy atom. The van der Waals surface area contributed by atoms with E-state index in [1.165, 1.54) is 0 Å². The Balaban J connectivity index is 2.90. The molecule has 0 aromatic heterocycles. The van der Waals surface area contributed by atoms with Crippen molar-refractivity contribution in [3.8, 4) is 0 Å². The Morgan fingerprint density at radius 1 is 1.38 bits per heavy atom. The minimum atomic E-state index is -0.0704. The third kappa shape index (κ3) is 5.07. The number of carbonyl (C=O) groups excluding carboxylic acids is 1. The summed E-state index contributed by atoms with van der Waals surface area (Å²) >= 11 is 0. The summed E-state index contributed by atoms with van der Waals surface area (Å²) in [6.07, 6.45) is 0.316. The molecule has 0 bridgehead atoms. The van der Waals surface area contributed by atoms with Crippen LogP contribution in [0.25, 0.3) is 0 Å². The molecule has 0 spiro atoms. The van der Waals surface area contributed by atoms with Crippen molar-refractivity contribution in [1.82, 2.24) is 4.90 Å². The van der Waals surface area contributed by atoms with Crippen LogP contribution in [0.15, 0.2) is 23.4 Å². The van der Waals surface area contributed by atoms with Gasteiger partial charge in [0.25, 0.3) is 5.91 Å². The standard InChI is InChI=1S/C15H23N3O3/c1-11-4-5-12(2)13(10-11)15(19)18(8-9-21-3)7-6-14(16)17-20/h4-5,10,20H,6-9H2,1-3H3,(H2,16,17). The monoisotopic (exact) mass is 293 g/mol. The van der Waals surface area contributed by atoms with Crippen LogP contribution in [0.1, 0.15) is 27.9 Å². The molecule has 1 rings (SSSR count). The maximum Gasteiger partial charge on any atom is 0.254 e. The molecule has 0 radical (unpaired) electrons. The molecule has 0 aliphatic heterocycles. The lowest BCUT2D eigenvalue weighted by Crippen LogP contribution is -2.37. The summed E-state index contributed by atoms with van der Waals surface area (Å²) in [5, 5.41) is 11.5. The molecule has 0 fully saturated rings. The number of carbonyl (C=O) groups is 1. The number of hydrogen-bond acceptors (Lipinski definition) is 4. The Kier molecular flexibility index (Phi) is 6.68. The van der Waals surface area contributed by atoms with E-state index in [1.54, 1.807) is 12.0 Å². The average Bonchev–Trinajstić information content (AvgIpc) is 2.48. The summed E-state index contributed by atoms with van der Waals surface area (Å²) in [6.45, 7) is 5.14. The van der Waals surface area contributed by atoms with Gasteiger partial charge >= 0.3 is 0 Å². The van der Waals surface area contributed by atoms with Gasteiger partial charge in [-0.3, -0.25) is 4.79 Å². The molecule has 1 aromatic carbocycles. The highest BCUT2D eigenvalue weighted by Crippen LogP contribution is 2.14. The molecule has 116 valence electrons. The maximum absolute atomic E-state index is 12.7. The molecular weight excluding hydrogens is 270 g/mol. The lowest BCUT2D eigenvalue weighted by atomic mass is 10.0. The predicted octanol–water partition coefficient (Wildman–Crippen LogP) is 1.53. The summed E-state index contributed by atoms with van der Waals surface area (Å²) < 4.78 is 5.04. The fourth-order valence-corrected chi connectivity index (χ4v) is 1.95. The van der Waals surface area contributed by atoms with Crippen LogP contribution in [0, 0.1) is 13.8 Å². The van der Waals surface area contributed by atoms with E-state index in [0.29, 0.717) is 31.7 Å². The minimum absolute atomic E-state index is 0.0704. The molecule has 6 heteroatoms. The second kappa shape index (κ2) is 8.26. The molecule has 0 saturated carbocycles. The van der Waals surface area contributed by atoms with Crippen LogP contribution in [0.4, 0.5) is 0 Å². The fraction of sp³-hybridized carbons (Fsp3) is 0.467. The van der Waals surface area contributed by atoms with Gasteiger partial charge in [0.1, 0.15) is 5.84 Å². The van der Waals surface area contributed by atoms with Crippen LogP contribution in [-0.2, 0) is 4.74 Å². The van der Waals surface area contributed by atoms with Gasteiger partial charge in [0, 0.05) is 32.2 Å². The largest absolute Gasteiger partial charge is 0.409 e. The van der Waals surface area contributed by atoms with Crippen molar-refractivity contribution in [3.05, 3.63) is 34.9 Å². The van der Waals surface area contributed by atoms with E-state index in [0.717, 1.165) is 11.1 Å². The zero-order valence-electron chi connectivity index (χ0n) is 12.8. The lowest BCUT2D eigenvalue weighted by Gasteiger charge is -2.23. The molecule has 0 unspecified atom stereocenters. The number of methoxy groups -OCH3 is 1. The molecular formula is C15H23N3O3. The van der Waals surface area contributed by atoms with Gasteiger partial charge < -0.3 is 20.6 Å². The minimum Gasteiger partial charge on any atom is -0.409 e. The predicted molar refractivity (Wildman–Crippen MR) is 81.7 cm³/mol. The number of amides is 1. The SMILES string of the molecule is COCCN(CCC(N)=NO)C(=O)c1cc(C)ccc1C. The molecule has 21 heavy (non-hydrogen) atoms. The number of amidine groups is 1. The number of rotatable bonds is 7. The van der Waals surface area contributed by atoms with Gasteiger partial charge in [-0.05, 0) is 25.5 Å². The Morgan fingerprint density at radius 2 is 2.10 bits per heavy atom. The van der Waals surface area contributed by atoms with Crippen LogP contribution in [0.2, 0.25) is 0 Å². The van der Waals surface area contributed by atoms with E-state index >= 15 is 0 Å². The first-order valence-electron chi connectivity index (χ1n) is 6.81. The smallest absolute Gasteiger partial charge is 0.254 e. The first-order chi connectivity index (χ1) is 9.99. The van der Waals surface area contributed by atoms with Gasteiger partial charge in [-0.15, -0.1) is 0 Å². The van der Waals surface area contributed by atoms with Crippen molar-refractivity contribution in [2.75, 3.05) is 26.8 Å². The van der Waals surface area contributed by atoms with Crippen molar-refractivity contribution in [1.29, 1.82) is 0 Å². The second-order valence-electron chi connectivity index (χ2n) is 4.94. The van der Waals surface area contributed by atoms with Gasteiger partial charge in [0.15, 0.2) is 0 Å². The normalized spacial score (nSPS) is 11.5. The highest BCUT2D eigenvalue weighted by molar-refractivity contribution is 5.96. The molecule has 3 N–H and O–H groups in total. The molecule has 6 nitrogen and oxygen atoms in total. The topological polar surface area (TPSA) is 88.2 Å². The summed E-state index contributed by atoms with van der Waals surface area (Å²) in [4.78, 5) is 14.3. The van der Waals surface area contributed by atoms with Crippen LogP contribution in [0.3, 0.4) is 0 Å². The van der Waals surface area contributed by atoms with Crippen molar-refractivity contribution < 1.29 is 14.7 Å². The zero-order valence-corrected chi connectivity index (χ0v) is 12.8. The first kappa shape index (κ1) is 17.0. The number of nitrogens with two attached hydrogens (primary N) is 1. The van der Waals surface area contributed by atoms with Crippen LogP contribution in [-0.4, -0.2) is 48.7 Å². The van der Waals surface area contributed by atoms with Crippen molar-refractivity contribution in [2.45, 2.75) is 20.3 Å². The van der Waals surface area contributed by atoms with Gasteiger partial charge in [0.05, 0.1) is 6.61 Å². The summed E-state index contributed by atoms with van der Waals surface area (Å²) in [6, 6.07) is 5.78. The quantitative estimate of drug-likeness (QED) is 0.345. The van der Waals surface area contributed by atoms with Gasteiger partial charge in [0.2, 0.25) is 0 Å². The molecule has 1 aromatic rings. The highest BCUT2D eigenvalue weighted by Gasteiger charge is 2.18. The van der Waals surface area contributed by atoms with Gasteiger partial charge in [-0.25, -0.2) is 0 Å². The fourth-order valence-electron chi connectivity index (χ4n) is 1.95. The third-order valence-electron chi connectivity index (χ3n) is 3.24. The molecule has 0 heterocycles. The molecule has 0 aliphatic rings. The maximum atomic E-state index is 12.7. The number of ether oxygens (including phenoxy) is 1. The Hall–Kier alpha value is -2.08. The number of nitrogens with zero attached hydrogens (tertiary/aromatic N) is 2. The zero-order chi connectivity index (χ0) is 15.8. The van der Waals surface area contributed by atoms with Crippen LogP contribution in [0.5, 0.6) is 0 Å². The molecule has 1 amide bonds. The van der Waals surface area contributed by atoms with E-state index < -0.39 is 0 Å². The average molecular weight is 293 g/mol. The van der Waals surface area contributed by atoms with E-state index in [2.05, 4.69) is 5.16 Å². The van der Waals surface area contributed by atoms with E-state index in [-0.39, 0.29) is 11.7 Å². The van der Waals surface area contributed by atoms with Gasteiger partial charge in [-0.1, -0.05) is 22.9 Å². The number of benzene rings is 1. The van der Waals surface area contributed by atoms with Crippen LogP contribution < -0.4 is 5.73 Å². The van der Waals surface area contributed by atoms with E-state index in [9.17, 15) is 4.79 Å². The van der Waals surface area contributed by atoms with E-state index in [1.807, 2.05) is 32.0 Å². The van der Waals surface area contributed by atoms with Crippen LogP contribution >= 0.6 is 0 Å².